The van der Waals surface area contributed by atoms with Gasteiger partial charge in [-0.05, 0) is 30.2 Å². The van der Waals surface area contributed by atoms with Crippen LogP contribution in [-0.2, 0) is 20.8 Å². The number of allylic oxidation sites excluding steroid dienone is 2. The van der Waals surface area contributed by atoms with Gasteiger partial charge in [-0.3, -0.25) is 29.2 Å². The lowest BCUT2D eigenvalue weighted by Gasteiger charge is -2.21. The van der Waals surface area contributed by atoms with Gasteiger partial charge in [-0.2, -0.15) is 0 Å². The summed E-state index contributed by atoms with van der Waals surface area (Å²) in [5.41, 5.74) is 1.21. The third kappa shape index (κ3) is 3.21. The topological polar surface area (TPSA) is 70.1 Å². The van der Waals surface area contributed by atoms with Crippen LogP contribution in [0.2, 0.25) is 0 Å². The molecule has 5 rings (SSSR count). The number of hydrogen-bond donors (Lipinski definition) is 0. The van der Waals surface area contributed by atoms with E-state index in [9.17, 15) is 14.4 Å². The largest absolute Gasteiger partial charge is 0.289 e. The van der Waals surface area contributed by atoms with Gasteiger partial charge in [0.15, 0.2) is 5.17 Å². The Morgan fingerprint density at radius 1 is 1.07 bits per heavy atom. The molecule has 7 heteroatoms. The number of carbonyl (C=O) groups excluding carboxylic acids is 3. The summed E-state index contributed by atoms with van der Waals surface area (Å²) in [6.07, 6.45) is 5.85. The monoisotopic (exact) mass is 409 g/mol. The van der Waals surface area contributed by atoms with Crippen molar-refractivity contribution in [2.75, 3.05) is 25.4 Å². The SMILES string of the molecule is O=C(CN1C(=O)[C@@H]2[C@H](C1=O)[C@H]1C=C[C@@H]2C1)N1CCSC1=NCCc1ccccc1. The van der Waals surface area contributed by atoms with Gasteiger partial charge in [0.25, 0.3) is 0 Å². The molecule has 6 nitrogen and oxygen atoms in total. The number of likely N-dealkylation sites (tertiary alicyclic amines) is 1. The van der Waals surface area contributed by atoms with Gasteiger partial charge < -0.3 is 0 Å². The Morgan fingerprint density at radius 3 is 2.45 bits per heavy atom. The lowest BCUT2D eigenvalue weighted by Crippen LogP contribution is -2.44. The van der Waals surface area contributed by atoms with Crippen LogP contribution in [-0.4, -0.2) is 58.1 Å². The predicted octanol–water partition coefficient (Wildman–Crippen LogP) is 1.97. The van der Waals surface area contributed by atoms with E-state index < -0.39 is 0 Å². The Bertz CT molecular complexity index is 883. The standard InChI is InChI=1S/C22H23N3O3S/c26-17(13-25-20(27)18-15-6-7-16(12-15)19(18)21(25)28)24-10-11-29-22(24)23-9-8-14-4-2-1-3-5-14/h1-7,15-16,18-19H,8-13H2/t15-,16+,18+,19-. The maximum atomic E-state index is 12.9. The van der Waals surface area contributed by atoms with Gasteiger partial charge in [0.2, 0.25) is 17.7 Å². The second kappa shape index (κ2) is 7.44. The van der Waals surface area contributed by atoms with Crippen molar-refractivity contribution in [1.29, 1.82) is 0 Å². The summed E-state index contributed by atoms with van der Waals surface area (Å²) in [5.74, 6) is 0.0686. The van der Waals surface area contributed by atoms with Crippen molar-refractivity contribution in [3.63, 3.8) is 0 Å². The van der Waals surface area contributed by atoms with Crippen LogP contribution in [0.25, 0.3) is 0 Å². The highest BCUT2D eigenvalue weighted by Gasteiger charge is 2.59. The smallest absolute Gasteiger partial charge is 0.248 e. The maximum Gasteiger partial charge on any atom is 0.248 e. The fraction of sp³-hybridized carbons (Fsp3) is 0.455. The van der Waals surface area contributed by atoms with E-state index in [4.69, 9.17) is 0 Å². The number of benzene rings is 1. The molecule has 0 unspecified atom stereocenters. The maximum absolute atomic E-state index is 12.9. The van der Waals surface area contributed by atoms with E-state index in [1.807, 2.05) is 18.2 Å². The van der Waals surface area contributed by atoms with E-state index in [0.29, 0.717) is 18.3 Å². The molecule has 0 N–H and O–H groups in total. The molecular formula is C22H23N3O3S. The summed E-state index contributed by atoms with van der Waals surface area (Å²) in [7, 11) is 0. The molecule has 29 heavy (non-hydrogen) atoms. The molecule has 2 aliphatic carbocycles. The molecule has 3 amide bonds. The van der Waals surface area contributed by atoms with Gasteiger partial charge in [0.05, 0.1) is 11.8 Å². The zero-order chi connectivity index (χ0) is 20.0. The van der Waals surface area contributed by atoms with E-state index in [1.165, 1.54) is 10.5 Å². The van der Waals surface area contributed by atoms with E-state index in [-0.39, 0.29) is 47.9 Å². The molecule has 0 radical (unpaired) electrons. The number of nitrogens with zero attached hydrogens (tertiary/aromatic N) is 3. The highest BCUT2D eigenvalue weighted by Crippen LogP contribution is 2.52. The third-order valence-corrected chi connectivity index (χ3v) is 7.42. The van der Waals surface area contributed by atoms with Crippen LogP contribution in [0.4, 0.5) is 0 Å². The first-order valence-corrected chi connectivity index (χ1v) is 11.2. The van der Waals surface area contributed by atoms with Gasteiger partial charge in [0.1, 0.15) is 6.54 Å². The Balaban J connectivity index is 1.23. The molecule has 2 aliphatic heterocycles. The first-order valence-electron chi connectivity index (χ1n) is 10.2. The predicted molar refractivity (Wildman–Crippen MR) is 111 cm³/mol. The summed E-state index contributed by atoms with van der Waals surface area (Å²) in [6.45, 7) is 1.02. The minimum atomic E-state index is -0.253. The third-order valence-electron chi connectivity index (χ3n) is 6.42. The van der Waals surface area contributed by atoms with Crippen molar-refractivity contribution in [3.8, 4) is 0 Å². The van der Waals surface area contributed by atoms with Crippen LogP contribution in [0.15, 0.2) is 47.5 Å². The molecule has 4 aliphatic rings. The number of amides is 3. The summed E-state index contributed by atoms with van der Waals surface area (Å²) in [6, 6.07) is 10.1. The Morgan fingerprint density at radius 2 is 1.76 bits per heavy atom. The molecule has 2 heterocycles. The van der Waals surface area contributed by atoms with Crippen LogP contribution < -0.4 is 0 Å². The van der Waals surface area contributed by atoms with Crippen molar-refractivity contribution in [2.45, 2.75) is 12.8 Å². The minimum Gasteiger partial charge on any atom is -0.289 e. The summed E-state index contributed by atoms with van der Waals surface area (Å²) >= 11 is 1.56. The van der Waals surface area contributed by atoms with Gasteiger partial charge in [-0.25, -0.2) is 0 Å². The molecular weight excluding hydrogens is 386 g/mol. The Kier molecular flexibility index (Phi) is 4.78. The van der Waals surface area contributed by atoms with Crippen molar-refractivity contribution < 1.29 is 14.4 Å². The van der Waals surface area contributed by atoms with Crippen LogP contribution in [0.5, 0.6) is 0 Å². The number of carbonyl (C=O) groups is 3. The normalized spacial score (nSPS) is 31.4. The van der Waals surface area contributed by atoms with Crippen LogP contribution in [0.3, 0.4) is 0 Å². The van der Waals surface area contributed by atoms with Crippen molar-refractivity contribution in [1.82, 2.24) is 9.80 Å². The number of fused-ring (bicyclic) bond motifs is 5. The fourth-order valence-corrected chi connectivity index (χ4v) is 6.02. The molecule has 1 aromatic rings. The van der Waals surface area contributed by atoms with E-state index in [2.05, 4.69) is 29.3 Å². The van der Waals surface area contributed by atoms with Gasteiger partial charge in [-0.15, -0.1) is 0 Å². The number of aliphatic imine (C=N–C) groups is 1. The average Bonchev–Trinajstić information content (AvgIpc) is 3.50. The molecule has 0 spiro atoms. The Hall–Kier alpha value is -2.41. The van der Waals surface area contributed by atoms with Crippen LogP contribution in [0.1, 0.15) is 12.0 Å². The Labute approximate surface area is 174 Å². The van der Waals surface area contributed by atoms with Crippen LogP contribution >= 0.6 is 11.8 Å². The van der Waals surface area contributed by atoms with E-state index >= 15 is 0 Å². The molecule has 1 aromatic carbocycles. The highest BCUT2D eigenvalue weighted by molar-refractivity contribution is 8.14. The lowest BCUT2D eigenvalue weighted by molar-refractivity contribution is -0.145. The quantitative estimate of drug-likeness (QED) is 0.551. The average molecular weight is 410 g/mol. The number of hydrogen-bond acceptors (Lipinski definition) is 5. The summed E-state index contributed by atoms with van der Waals surface area (Å²) < 4.78 is 0. The number of imide groups is 1. The van der Waals surface area contributed by atoms with E-state index in [1.54, 1.807) is 16.7 Å². The number of thioether (sulfide) groups is 1. The van der Waals surface area contributed by atoms with Gasteiger partial charge in [-0.1, -0.05) is 54.2 Å². The van der Waals surface area contributed by atoms with Crippen molar-refractivity contribution >= 4 is 34.7 Å². The summed E-state index contributed by atoms with van der Waals surface area (Å²) in [5, 5.41) is 0.701. The van der Waals surface area contributed by atoms with Crippen molar-refractivity contribution in [3.05, 3.63) is 48.0 Å². The lowest BCUT2D eigenvalue weighted by atomic mass is 9.85. The van der Waals surface area contributed by atoms with Crippen LogP contribution in [0, 0.1) is 23.7 Å². The molecule has 150 valence electrons. The van der Waals surface area contributed by atoms with Gasteiger partial charge >= 0.3 is 0 Å². The zero-order valence-corrected chi connectivity index (χ0v) is 16.9. The van der Waals surface area contributed by atoms with E-state index in [0.717, 1.165) is 18.6 Å². The second-order valence-corrected chi connectivity index (χ2v) is 9.12. The number of rotatable bonds is 5. The van der Waals surface area contributed by atoms with Crippen molar-refractivity contribution in [2.24, 2.45) is 28.7 Å². The van der Waals surface area contributed by atoms with Gasteiger partial charge in [0, 0.05) is 18.8 Å². The first-order chi connectivity index (χ1) is 14.1. The second-order valence-electron chi connectivity index (χ2n) is 8.06. The molecule has 0 aromatic heterocycles. The highest BCUT2D eigenvalue weighted by atomic mass is 32.2. The minimum absolute atomic E-state index is 0.164. The molecule has 2 saturated heterocycles. The molecule has 1 saturated carbocycles. The summed E-state index contributed by atoms with van der Waals surface area (Å²) in [4.78, 5) is 46.0. The zero-order valence-electron chi connectivity index (χ0n) is 16.1. The molecule has 3 fully saturated rings. The first kappa shape index (κ1) is 18.6. The molecule has 2 bridgehead atoms. The molecule has 4 atom stereocenters. The number of amidine groups is 1. The fourth-order valence-electron chi connectivity index (χ4n) is 5.03.